The fraction of sp³-hybridized carbons (Fsp3) is 0.381. The second kappa shape index (κ2) is 9.84. The van der Waals surface area contributed by atoms with Gasteiger partial charge in [0.1, 0.15) is 17.2 Å². The van der Waals surface area contributed by atoms with Gasteiger partial charge in [-0.05, 0) is 36.8 Å². The number of nitrogens with zero attached hydrogens (tertiary/aromatic N) is 5. The average Bonchev–Trinajstić information content (AvgIpc) is 2.78. The summed E-state index contributed by atoms with van der Waals surface area (Å²) in [4.78, 5) is 39.1. The molecular weight excluding hydrogens is 461 g/mol. The second-order valence-corrected chi connectivity index (χ2v) is 7.96. The molecular formula is C21H22ClF3N6O2. The molecule has 2 aromatic heterocycles. The molecule has 1 fully saturated rings. The van der Waals surface area contributed by atoms with Crippen molar-refractivity contribution in [2.75, 3.05) is 26.7 Å². The first kappa shape index (κ1) is 24.6. The van der Waals surface area contributed by atoms with Gasteiger partial charge in [-0.1, -0.05) is 18.2 Å². The van der Waals surface area contributed by atoms with Crippen LogP contribution in [-0.2, 0) is 4.79 Å². The highest BCUT2D eigenvalue weighted by atomic mass is 35.5. The number of aromatic nitrogens is 3. The van der Waals surface area contributed by atoms with Crippen molar-refractivity contribution in [3.8, 4) is 11.4 Å². The summed E-state index contributed by atoms with van der Waals surface area (Å²) in [7, 11) is 1.45. The smallest absolute Gasteiger partial charge is 0.354 e. The van der Waals surface area contributed by atoms with Gasteiger partial charge < -0.3 is 10.2 Å². The normalized spacial score (nSPS) is 19.3. The molecule has 3 rings (SSSR count). The highest BCUT2D eigenvalue weighted by molar-refractivity contribution is 6.29. The summed E-state index contributed by atoms with van der Waals surface area (Å²) in [6, 6.07) is 3.05. The molecule has 0 unspecified atom stereocenters. The first-order valence-corrected chi connectivity index (χ1v) is 10.4. The van der Waals surface area contributed by atoms with Gasteiger partial charge in [0.2, 0.25) is 5.91 Å². The molecule has 33 heavy (non-hydrogen) atoms. The van der Waals surface area contributed by atoms with Gasteiger partial charge in [-0.15, -0.1) is 0 Å². The summed E-state index contributed by atoms with van der Waals surface area (Å²) < 4.78 is 40.1. The maximum atomic E-state index is 13.4. The molecule has 1 saturated heterocycles. The van der Waals surface area contributed by atoms with Crippen molar-refractivity contribution in [1.29, 1.82) is 0 Å². The lowest BCUT2D eigenvalue weighted by atomic mass is 9.98. The van der Waals surface area contributed by atoms with Gasteiger partial charge in [0.05, 0.1) is 24.0 Å². The number of carbonyl (C=O) groups excluding carboxylic acids is 2. The third kappa shape index (κ3) is 5.85. The van der Waals surface area contributed by atoms with Crippen LogP contribution in [-0.4, -0.2) is 75.5 Å². The van der Waals surface area contributed by atoms with Gasteiger partial charge in [-0.25, -0.2) is 15.0 Å². The molecule has 2 atom stereocenters. The Morgan fingerprint density at radius 3 is 2.61 bits per heavy atom. The van der Waals surface area contributed by atoms with E-state index >= 15 is 0 Å². The van der Waals surface area contributed by atoms with Crippen molar-refractivity contribution in [2.24, 2.45) is 0 Å². The summed E-state index contributed by atoms with van der Waals surface area (Å²) in [5, 5.41) is 2.49. The molecule has 1 N–H and O–H groups in total. The quantitative estimate of drug-likeness (QED) is 0.520. The predicted molar refractivity (Wildman–Crippen MR) is 115 cm³/mol. The Balaban J connectivity index is 2.06. The Kier molecular flexibility index (Phi) is 7.33. The van der Waals surface area contributed by atoms with E-state index in [1.165, 1.54) is 35.3 Å². The number of alkyl halides is 3. The van der Waals surface area contributed by atoms with Crippen LogP contribution in [0.2, 0.25) is 5.15 Å². The van der Waals surface area contributed by atoms with Crippen molar-refractivity contribution >= 4 is 23.4 Å². The second-order valence-electron chi connectivity index (χ2n) is 7.58. The molecule has 3 heterocycles. The van der Waals surface area contributed by atoms with Gasteiger partial charge >= 0.3 is 6.18 Å². The van der Waals surface area contributed by atoms with Crippen molar-refractivity contribution in [2.45, 2.75) is 25.2 Å². The van der Waals surface area contributed by atoms with E-state index in [1.54, 1.807) is 13.0 Å². The molecule has 2 amide bonds. The zero-order chi connectivity index (χ0) is 24.3. The van der Waals surface area contributed by atoms with Crippen LogP contribution in [0.4, 0.5) is 13.2 Å². The van der Waals surface area contributed by atoms with E-state index in [-0.39, 0.29) is 41.2 Å². The molecule has 0 aliphatic carbocycles. The maximum Gasteiger partial charge on any atom is 0.401 e. The molecule has 0 spiro atoms. The zero-order valence-corrected chi connectivity index (χ0v) is 18.7. The Bertz CT molecular complexity index is 1060. The lowest BCUT2D eigenvalue weighted by Crippen LogP contribution is -2.56. The molecule has 1 aliphatic rings. The summed E-state index contributed by atoms with van der Waals surface area (Å²) in [6.45, 7) is 4.09. The number of hydrogen-bond donors (Lipinski definition) is 1. The number of carbonyl (C=O) groups is 2. The fourth-order valence-corrected chi connectivity index (χ4v) is 4.01. The Morgan fingerprint density at radius 1 is 1.24 bits per heavy atom. The largest absolute Gasteiger partial charge is 0.401 e. The van der Waals surface area contributed by atoms with Gasteiger partial charge in [0.15, 0.2) is 0 Å². The number of pyridine rings is 1. The molecule has 12 heteroatoms. The fourth-order valence-electron chi connectivity index (χ4n) is 3.79. The lowest BCUT2D eigenvalue weighted by Gasteiger charge is -2.46. The number of nitrogens with one attached hydrogen (secondary N) is 1. The predicted octanol–water partition coefficient (Wildman–Crippen LogP) is 2.87. The molecule has 176 valence electrons. The highest BCUT2D eigenvalue weighted by Crippen LogP contribution is 2.34. The molecule has 8 nitrogen and oxygen atoms in total. The van der Waals surface area contributed by atoms with E-state index in [4.69, 9.17) is 11.6 Å². The van der Waals surface area contributed by atoms with E-state index in [1.807, 2.05) is 0 Å². The molecule has 0 aromatic carbocycles. The summed E-state index contributed by atoms with van der Waals surface area (Å²) >= 11 is 6.22. The van der Waals surface area contributed by atoms with Gasteiger partial charge in [-0.3, -0.25) is 14.5 Å². The highest BCUT2D eigenvalue weighted by Gasteiger charge is 2.41. The van der Waals surface area contributed by atoms with Crippen LogP contribution in [0.3, 0.4) is 0 Å². The summed E-state index contributed by atoms with van der Waals surface area (Å²) in [6.07, 6.45) is -2.12. The van der Waals surface area contributed by atoms with E-state index in [0.717, 1.165) is 6.08 Å². The minimum Gasteiger partial charge on any atom is -0.354 e. The molecule has 1 aliphatic heterocycles. The standard InChI is InChI=1S/C21H22ClF3N6O2/c1-4-19(32)30-8-12(2)31(10-21(23,24)25)17(9-30)13-5-15(29-18(22)6-13)14-7-16(20(33)26-3)28-11-27-14/h4-7,11-12,17H,1,8-10H2,2-3H3,(H,26,33)/t12-,17-/m1/s1. The first-order valence-electron chi connectivity index (χ1n) is 9.98. The van der Waals surface area contributed by atoms with Crippen LogP contribution >= 0.6 is 11.6 Å². The number of amides is 2. The lowest BCUT2D eigenvalue weighted by molar-refractivity contribution is -0.165. The number of piperazine rings is 1. The van der Waals surface area contributed by atoms with Crippen molar-refractivity contribution in [3.05, 3.63) is 53.6 Å². The van der Waals surface area contributed by atoms with Crippen molar-refractivity contribution in [1.82, 2.24) is 30.1 Å². The SMILES string of the molecule is C=CC(=O)N1C[C@@H](C)N(CC(F)(F)F)[C@@H](c2cc(Cl)nc(-c3cc(C(=O)NC)ncn3)c2)C1. The summed E-state index contributed by atoms with van der Waals surface area (Å²) in [5.41, 5.74) is 1.07. The minimum absolute atomic E-state index is 0.0122. The van der Waals surface area contributed by atoms with Crippen molar-refractivity contribution < 1.29 is 22.8 Å². The van der Waals surface area contributed by atoms with Crippen molar-refractivity contribution in [3.63, 3.8) is 0 Å². The first-order chi connectivity index (χ1) is 15.5. The zero-order valence-electron chi connectivity index (χ0n) is 17.9. The average molecular weight is 483 g/mol. The van der Waals surface area contributed by atoms with E-state index in [0.29, 0.717) is 5.56 Å². The van der Waals surface area contributed by atoms with Gasteiger partial charge in [0, 0.05) is 26.2 Å². The third-order valence-corrected chi connectivity index (χ3v) is 5.48. The Morgan fingerprint density at radius 2 is 1.97 bits per heavy atom. The van der Waals surface area contributed by atoms with Crippen LogP contribution in [0, 0.1) is 0 Å². The van der Waals surface area contributed by atoms with E-state index in [9.17, 15) is 22.8 Å². The topological polar surface area (TPSA) is 91.3 Å². The Hall–Kier alpha value is -3.05. The Labute approximate surface area is 193 Å². The van der Waals surface area contributed by atoms with Gasteiger partial charge in [0.25, 0.3) is 5.91 Å². The van der Waals surface area contributed by atoms with E-state index in [2.05, 4.69) is 26.8 Å². The molecule has 0 saturated carbocycles. The number of halogens is 4. The molecule has 0 radical (unpaired) electrons. The van der Waals surface area contributed by atoms with Gasteiger partial charge in [-0.2, -0.15) is 13.2 Å². The monoisotopic (exact) mass is 482 g/mol. The van der Waals surface area contributed by atoms with E-state index < -0.39 is 30.7 Å². The minimum atomic E-state index is -4.44. The molecule has 2 aromatic rings. The van der Waals surface area contributed by atoms with Crippen LogP contribution in [0.1, 0.15) is 29.0 Å². The maximum absolute atomic E-state index is 13.4. The van der Waals surface area contributed by atoms with Crippen LogP contribution in [0.25, 0.3) is 11.4 Å². The summed E-state index contributed by atoms with van der Waals surface area (Å²) in [5.74, 6) is -0.804. The molecule has 0 bridgehead atoms. The van der Waals surface area contributed by atoms with Crippen LogP contribution in [0.15, 0.2) is 37.2 Å². The number of hydrogen-bond acceptors (Lipinski definition) is 6. The van der Waals surface area contributed by atoms with Crippen LogP contribution < -0.4 is 5.32 Å². The number of rotatable bonds is 5. The van der Waals surface area contributed by atoms with Crippen LogP contribution in [0.5, 0.6) is 0 Å². The third-order valence-electron chi connectivity index (χ3n) is 5.28.